The topological polar surface area (TPSA) is 62.0 Å². The van der Waals surface area contributed by atoms with E-state index in [-0.39, 0.29) is 5.56 Å². The highest BCUT2D eigenvalue weighted by Crippen LogP contribution is 2.29. The van der Waals surface area contributed by atoms with Gasteiger partial charge in [0, 0.05) is 11.8 Å². The van der Waals surface area contributed by atoms with E-state index in [0.29, 0.717) is 17.6 Å². The van der Waals surface area contributed by atoms with Gasteiger partial charge in [0.1, 0.15) is 5.69 Å². The third-order valence-corrected chi connectivity index (χ3v) is 3.51. The third kappa shape index (κ3) is 3.01. The zero-order valence-corrected chi connectivity index (χ0v) is 12.1. The number of rotatable bonds is 2. The van der Waals surface area contributed by atoms with Crippen LogP contribution >= 0.6 is 0 Å². The molecule has 24 heavy (non-hydrogen) atoms. The van der Waals surface area contributed by atoms with Crippen LogP contribution in [-0.2, 0) is 6.18 Å². The van der Waals surface area contributed by atoms with Gasteiger partial charge in [0.15, 0.2) is 0 Å². The van der Waals surface area contributed by atoms with E-state index < -0.39 is 28.9 Å². The van der Waals surface area contributed by atoms with Crippen LogP contribution in [0.4, 0.5) is 18.9 Å². The molecule has 0 atom stereocenters. The quantitative estimate of drug-likeness (QED) is 0.750. The van der Waals surface area contributed by atoms with E-state index in [1.807, 2.05) is 23.2 Å². The summed E-state index contributed by atoms with van der Waals surface area (Å²) in [5.74, 6) is -0.656. The highest BCUT2D eigenvalue weighted by molar-refractivity contribution is 6.12. The van der Waals surface area contributed by atoms with Crippen molar-refractivity contribution in [2.45, 2.75) is 6.18 Å². The number of benzene rings is 2. The summed E-state index contributed by atoms with van der Waals surface area (Å²) in [7, 11) is 0. The van der Waals surface area contributed by atoms with Gasteiger partial charge in [-0.1, -0.05) is 36.4 Å². The molecule has 2 N–H and O–H groups in total. The van der Waals surface area contributed by atoms with Gasteiger partial charge in [0.05, 0.1) is 5.56 Å². The fourth-order valence-corrected chi connectivity index (χ4v) is 2.35. The second-order valence-corrected chi connectivity index (χ2v) is 5.11. The van der Waals surface area contributed by atoms with Crippen molar-refractivity contribution in [2.24, 2.45) is 0 Å². The molecule has 0 saturated carbocycles. The summed E-state index contributed by atoms with van der Waals surface area (Å²) in [5.41, 5.74) is -2.04. The van der Waals surface area contributed by atoms with Crippen LogP contribution in [0.5, 0.6) is 0 Å². The van der Waals surface area contributed by atoms with Crippen molar-refractivity contribution in [2.75, 3.05) is 5.32 Å². The molecule has 1 heterocycles. The number of anilines is 1. The fourth-order valence-electron chi connectivity index (χ4n) is 2.35. The van der Waals surface area contributed by atoms with Gasteiger partial charge in [0.2, 0.25) is 0 Å². The molecule has 2 aromatic carbocycles. The lowest BCUT2D eigenvalue weighted by molar-refractivity contribution is -0.137. The van der Waals surface area contributed by atoms with Crippen molar-refractivity contribution in [3.8, 4) is 0 Å². The number of H-pyrrole nitrogens is 1. The Morgan fingerprint density at radius 3 is 2.50 bits per heavy atom. The Morgan fingerprint density at radius 2 is 1.75 bits per heavy atom. The van der Waals surface area contributed by atoms with E-state index in [4.69, 9.17) is 0 Å². The Labute approximate surface area is 133 Å². The van der Waals surface area contributed by atoms with Crippen molar-refractivity contribution >= 4 is 22.4 Å². The molecule has 1 aromatic heterocycles. The number of aromatic nitrogens is 1. The molecule has 0 unspecified atom stereocenters. The molecule has 0 aliphatic carbocycles. The molecule has 1 amide bonds. The zero-order chi connectivity index (χ0) is 17.3. The number of carbonyl (C=O) groups is 1. The van der Waals surface area contributed by atoms with Crippen molar-refractivity contribution in [3.05, 3.63) is 76.2 Å². The van der Waals surface area contributed by atoms with E-state index in [9.17, 15) is 22.8 Å². The zero-order valence-electron chi connectivity index (χ0n) is 12.1. The Bertz CT molecular complexity index is 972. The minimum Gasteiger partial charge on any atom is -0.327 e. The van der Waals surface area contributed by atoms with Crippen LogP contribution in [0.1, 0.15) is 15.9 Å². The summed E-state index contributed by atoms with van der Waals surface area (Å²) in [6.07, 6.45) is -4.06. The fraction of sp³-hybridized carbons (Fsp3) is 0.0588. The molecule has 4 nitrogen and oxygen atoms in total. The molecular weight excluding hydrogens is 321 g/mol. The average molecular weight is 332 g/mol. The smallest absolute Gasteiger partial charge is 0.327 e. The largest absolute Gasteiger partial charge is 0.417 e. The van der Waals surface area contributed by atoms with Gasteiger partial charge in [-0.15, -0.1) is 0 Å². The molecule has 7 heteroatoms. The first-order chi connectivity index (χ1) is 11.4. The molecule has 0 saturated heterocycles. The van der Waals surface area contributed by atoms with Crippen LogP contribution < -0.4 is 10.9 Å². The van der Waals surface area contributed by atoms with Gasteiger partial charge >= 0.3 is 6.18 Å². The number of fused-ring (bicyclic) bond motifs is 1. The summed E-state index contributed by atoms with van der Waals surface area (Å²) in [6.45, 7) is 0. The highest BCUT2D eigenvalue weighted by Gasteiger charge is 2.31. The van der Waals surface area contributed by atoms with Gasteiger partial charge in [-0.05, 0) is 22.9 Å². The van der Waals surface area contributed by atoms with E-state index in [0.717, 1.165) is 5.39 Å². The minimum absolute atomic E-state index is 0.268. The van der Waals surface area contributed by atoms with Crippen LogP contribution in [0.25, 0.3) is 10.8 Å². The lowest BCUT2D eigenvalue weighted by Gasteiger charge is -2.10. The molecule has 0 bridgehead atoms. The molecule has 122 valence electrons. The molecule has 0 aliphatic rings. The van der Waals surface area contributed by atoms with Gasteiger partial charge in [-0.2, -0.15) is 13.2 Å². The Balaban J connectivity index is 1.99. The predicted octanol–water partition coefficient (Wildman–Crippen LogP) is 3.80. The Hall–Kier alpha value is -3.09. The van der Waals surface area contributed by atoms with Crippen LogP contribution in [-0.4, -0.2) is 10.9 Å². The summed E-state index contributed by atoms with van der Waals surface area (Å²) >= 11 is 0. The number of hydrogen-bond acceptors (Lipinski definition) is 2. The van der Waals surface area contributed by atoms with E-state index >= 15 is 0 Å². The number of carbonyl (C=O) groups excluding carboxylic acids is 1. The lowest BCUT2D eigenvalue weighted by atomic mass is 10.0. The first-order valence-electron chi connectivity index (χ1n) is 6.95. The monoisotopic (exact) mass is 332 g/mol. The molecular formula is C17H11F3N2O2. The third-order valence-electron chi connectivity index (χ3n) is 3.51. The molecule has 3 rings (SSSR count). The average Bonchev–Trinajstić information content (AvgIpc) is 2.55. The number of halogens is 3. The van der Waals surface area contributed by atoms with Crippen molar-refractivity contribution < 1.29 is 18.0 Å². The van der Waals surface area contributed by atoms with E-state index in [1.54, 1.807) is 24.3 Å². The standard InChI is InChI=1S/C17H11F3N2O2/c18-17(19,20)11-8-14(16(24)21-9-11)22-15(23)13-7-3-5-10-4-1-2-6-12(10)13/h1-9H,(H,21,24)(H,22,23). The molecule has 0 aliphatic heterocycles. The second kappa shape index (κ2) is 5.84. The molecule has 0 spiro atoms. The SMILES string of the molecule is O=C(Nc1cc(C(F)(F)F)c[nH]c1=O)c1cccc2ccccc12. The van der Waals surface area contributed by atoms with Gasteiger partial charge in [-0.25, -0.2) is 0 Å². The van der Waals surface area contributed by atoms with Crippen molar-refractivity contribution in [1.82, 2.24) is 4.98 Å². The number of nitrogens with one attached hydrogen (secondary N) is 2. The van der Waals surface area contributed by atoms with Crippen LogP contribution in [0.3, 0.4) is 0 Å². The van der Waals surface area contributed by atoms with Crippen LogP contribution in [0.2, 0.25) is 0 Å². The predicted molar refractivity (Wildman–Crippen MR) is 84.0 cm³/mol. The summed E-state index contributed by atoms with van der Waals surface area (Å²) in [4.78, 5) is 26.1. The maximum absolute atomic E-state index is 12.7. The highest BCUT2D eigenvalue weighted by atomic mass is 19.4. The van der Waals surface area contributed by atoms with Gasteiger partial charge in [-0.3, -0.25) is 9.59 Å². The van der Waals surface area contributed by atoms with Crippen LogP contribution in [0, 0.1) is 0 Å². The Morgan fingerprint density at radius 1 is 1.04 bits per heavy atom. The number of amides is 1. The maximum atomic E-state index is 12.7. The molecule has 3 aromatic rings. The Kier molecular flexibility index (Phi) is 3.84. The first-order valence-corrected chi connectivity index (χ1v) is 6.95. The second-order valence-electron chi connectivity index (χ2n) is 5.11. The summed E-state index contributed by atoms with van der Waals surface area (Å²) in [6, 6.07) is 12.7. The van der Waals surface area contributed by atoms with E-state index in [1.165, 1.54) is 0 Å². The summed E-state index contributed by atoms with van der Waals surface area (Å²) in [5, 5.41) is 3.70. The number of pyridine rings is 1. The minimum atomic E-state index is -4.62. The molecule has 0 radical (unpaired) electrons. The normalized spacial score (nSPS) is 11.5. The summed E-state index contributed by atoms with van der Waals surface area (Å²) < 4.78 is 38.2. The van der Waals surface area contributed by atoms with Gasteiger partial charge < -0.3 is 10.3 Å². The van der Waals surface area contributed by atoms with Crippen molar-refractivity contribution in [3.63, 3.8) is 0 Å². The van der Waals surface area contributed by atoms with Crippen LogP contribution in [0.15, 0.2) is 59.5 Å². The van der Waals surface area contributed by atoms with Crippen molar-refractivity contribution in [1.29, 1.82) is 0 Å². The number of aromatic amines is 1. The van der Waals surface area contributed by atoms with E-state index in [2.05, 4.69) is 5.32 Å². The molecule has 0 fully saturated rings. The van der Waals surface area contributed by atoms with Gasteiger partial charge in [0.25, 0.3) is 11.5 Å². The number of alkyl halides is 3. The lowest BCUT2D eigenvalue weighted by Crippen LogP contribution is -2.21. The first kappa shape index (κ1) is 15.8. The maximum Gasteiger partial charge on any atom is 0.417 e. The number of hydrogen-bond donors (Lipinski definition) is 2.